The van der Waals surface area contributed by atoms with Crippen molar-refractivity contribution in [3.05, 3.63) is 42.4 Å². The number of ether oxygens (including phenoxy) is 1. The van der Waals surface area contributed by atoms with Gasteiger partial charge in [-0.05, 0) is 19.1 Å². The van der Waals surface area contributed by atoms with Crippen molar-refractivity contribution >= 4 is 34.2 Å². The Bertz CT molecular complexity index is 1360. The molecule has 4 aromatic rings. The van der Waals surface area contributed by atoms with Crippen LogP contribution < -0.4 is 11.5 Å². The number of Topliss-reactive ketones (excluding diaryl/α,β-unsaturated/α-hetero) is 1. The first kappa shape index (κ1) is 21.8. The fraction of sp³-hybridized carbons (Fsp3) is 0.150. The van der Waals surface area contributed by atoms with Crippen molar-refractivity contribution < 1.29 is 32.0 Å². The van der Waals surface area contributed by atoms with Crippen LogP contribution in [0.25, 0.3) is 33.4 Å². The minimum atomic E-state index is -5.24. The first-order chi connectivity index (χ1) is 15.6. The summed E-state index contributed by atoms with van der Waals surface area (Å²) in [5.74, 6) is -3.36. The van der Waals surface area contributed by atoms with E-state index in [1.807, 2.05) is 0 Å². The van der Waals surface area contributed by atoms with Gasteiger partial charge >= 0.3 is 12.1 Å². The molecular formula is C20H15F3N6O4. The quantitative estimate of drug-likeness (QED) is 0.231. The second-order valence-corrected chi connectivity index (χ2v) is 6.99. The second-order valence-electron chi connectivity index (χ2n) is 6.99. The molecule has 0 spiro atoms. The molecule has 1 unspecified atom stereocenters. The molecule has 4 rings (SSSR count). The number of aromatic nitrogens is 4. The van der Waals surface area contributed by atoms with Gasteiger partial charge < -0.3 is 20.7 Å². The third-order valence-corrected chi connectivity index (χ3v) is 4.81. The number of ketones is 1. The fourth-order valence-electron chi connectivity index (χ4n) is 3.21. The molecule has 0 saturated heterocycles. The van der Waals surface area contributed by atoms with Gasteiger partial charge in [-0.15, -0.1) is 0 Å². The van der Waals surface area contributed by atoms with Crippen LogP contribution in [0.15, 0.2) is 41.3 Å². The Labute approximate surface area is 182 Å². The zero-order valence-corrected chi connectivity index (χ0v) is 16.8. The molecular weight excluding hydrogens is 445 g/mol. The topological polar surface area (TPSA) is 163 Å². The Balaban J connectivity index is 1.76. The van der Waals surface area contributed by atoms with Gasteiger partial charge in [-0.3, -0.25) is 14.9 Å². The number of pyridine rings is 1. The summed E-state index contributed by atoms with van der Waals surface area (Å²) in [4.78, 5) is 28.2. The maximum absolute atomic E-state index is 12.7. The summed E-state index contributed by atoms with van der Waals surface area (Å²) < 4.78 is 47.0. The fourth-order valence-corrected chi connectivity index (χ4v) is 3.21. The number of hydrogen-bond donors (Lipinski definition) is 3. The number of carbonyl (C=O) groups excluding carboxylic acids is 2. The number of anilines is 2. The molecule has 0 aliphatic carbocycles. The Morgan fingerprint density at radius 1 is 1.18 bits per heavy atom. The van der Waals surface area contributed by atoms with Crippen molar-refractivity contribution in [1.29, 1.82) is 0 Å². The maximum atomic E-state index is 12.7. The summed E-state index contributed by atoms with van der Waals surface area (Å²) in [6, 6.07) is 4.24. The average Bonchev–Trinajstić information content (AvgIpc) is 3.43. The highest BCUT2D eigenvalue weighted by molar-refractivity contribution is 6.08. The number of halogens is 3. The molecule has 0 bridgehead atoms. The van der Waals surface area contributed by atoms with E-state index in [1.54, 1.807) is 18.5 Å². The molecule has 10 nitrogen and oxygen atoms in total. The van der Waals surface area contributed by atoms with E-state index < -0.39 is 24.0 Å². The van der Waals surface area contributed by atoms with Crippen molar-refractivity contribution in [2.45, 2.75) is 19.2 Å². The minimum Gasteiger partial charge on any atom is -0.448 e. The predicted octanol–water partition coefficient (Wildman–Crippen LogP) is 3.12. The number of benzene rings is 1. The van der Waals surface area contributed by atoms with E-state index >= 15 is 0 Å². The number of esters is 1. The van der Waals surface area contributed by atoms with Crippen molar-refractivity contribution in [3.63, 3.8) is 0 Å². The average molecular weight is 460 g/mol. The molecule has 170 valence electrons. The van der Waals surface area contributed by atoms with Gasteiger partial charge in [0.25, 0.3) is 0 Å². The van der Waals surface area contributed by atoms with Gasteiger partial charge in [-0.25, -0.2) is 4.79 Å². The smallest absolute Gasteiger partial charge is 0.448 e. The highest BCUT2D eigenvalue weighted by atomic mass is 19.4. The third kappa shape index (κ3) is 3.95. The molecule has 13 heteroatoms. The van der Waals surface area contributed by atoms with Crippen LogP contribution in [0.3, 0.4) is 0 Å². The number of nitrogens with zero attached hydrogens (tertiary/aromatic N) is 3. The number of hydrogen-bond acceptors (Lipinski definition) is 9. The summed E-state index contributed by atoms with van der Waals surface area (Å²) in [6.07, 6.45) is -2.29. The number of fused-ring (bicyclic) bond motifs is 1. The molecule has 0 radical (unpaired) electrons. The van der Waals surface area contributed by atoms with Crippen molar-refractivity contribution in [2.75, 3.05) is 11.5 Å². The lowest BCUT2D eigenvalue weighted by atomic mass is 9.98. The number of rotatable bonds is 5. The minimum absolute atomic E-state index is 0.0248. The molecule has 0 saturated carbocycles. The number of carbonyl (C=O) groups is 2. The molecule has 3 heterocycles. The zero-order chi connectivity index (χ0) is 23.9. The lowest BCUT2D eigenvalue weighted by Crippen LogP contribution is -2.33. The molecule has 33 heavy (non-hydrogen) atoms. The largest absolute Gasteiger partial charge is 0.490 e. The SMILES string of the molecule is CC(OC(=O)C(F)(F)F)C(=O)c1cc(-c2ncc(-c3cn[nH]c3)c3onc(N)c23)ccc1N. The van der Waals surface area contributed by atoms with Crippen LogP contribution in [0, 0.1) is 0 Å². The highest BCUT2D eigenvalue weighted by Crippen LogP contribution is 2.37. The molecule has 5 N–H and O–H groups in total. The van der Waals surface area contributed by atoms with Crippen LogP contribution in [-0.4, -0.2) is 44.4 Å². The lowest BCUT2D eigenvalue weighted by molar-refractivity contribution is -0.202. The van der Waals surface area contributed by atoms with E-state index in [1.165, 1.54) is 18.3 Å². The Kier molecular flexibility index (Phi) is 5.24. The predicted molar refractivity (Wildman–Crippen MR) is 110 cm³/mol. The van der Waals surface area contributed by atoms with Crippen molar-refractivity contribution in [2.24, 2.45) is 0 Å². The van der Waals surface area contributed by atoms with Crippen LogP contribution in [-0.2, 0) is 9.53 Å². The van der Waals surface area contributed by atoms with Gasteiger partial charge in [-0.1, -0.05) is 11.2 Å². The maximum Gasteiger partial charge on any atom is 0.490 e. The van der Waals surface area contributed by atoms with Crippen molar-refractivity contribution in [3.8, 4) is 22.4 Å². The summed E-state index contributed by atoms with van der Waals surface area (Å²) in [7, 11) is 0. The standard InChI is InChI=1S/C20H15F3N6O4/c1-8(32-19(31)20(21,22)23)16(30)11-4-9(2-3-13(11)24)15-14-17(33-29-18(14)25)12(7-26-15)10-5-27-28-6-10/h2-8H,24H2,1H3,(H2,25,29)(H,27,28). The monoisotopic (exact) mass is 460 g/mol. The summed E-state index contributed by atoms with van der Waals surface area (Å²) in [5.41, 5.74) is 13.9. The number of H-pyrrole nitrogens is 1. The van der Waals surface area contributed by atoms with Gasteiger partial charge in [0.05, 0.1) is 17.3 Å². The number of aromatic amines is 1. The summed E-state index contributed by atoms with van der Waals surface area (Å²) in [6.45, 7) is 1.02. The van der Waals surface area contributed by atoms with Gasteiger partial charge in [0.1, 0.15) is 0 Å². The van der Waals surface area contributed by atoms with Crippen LogP contribution in [0.4, 0.5) is 24.7 Å². The molecule has 0 fully saturated rings. The van der Waals surface area contributed by atoms with Crippen LogP contribution in [0.1, 0.15) is 17.3 Å². The highest BCUT2D eigenvalue weighted by Gasteiger charge is 2.42. The van der Waals surface area contributed by atoms with Gasteiger partial charge in [0.2, 0.25) is 5.78 Å². The second kappa shape index (κ2) is 7.93. The molecule has 1 aromatic carbocycles. The first-order valence-corrected chi connectivity index (χ1v) is 9.33. The summed E-state index contributed by atoms with van der Waals surface area (Å²) >= 11 is 0. The number of nitrogen functional groups attached to an aromatic ring is 2. The van der Waals surface area contributed by atoms with E-state index in [4.69, 9.17) is 16.0 Å². The van der Waals surface area contributed by atoms with E-state index in [2.05, 4.69) is 25.1 Å². The van der Waals surface area contributed by atoms with E-state index in [-0.39, 0.29) is 17.1 Å². The van der Waals surface area contributed by atoms with Crippen LogP contribution in [0.2, 0.25) is 0 Å². The molecule has 3 aromatic heterocycles. The zero-order valence-electron chi connectivity index (χ0n) is 16.8. The summed E-state index contributed by atoms with van der Waals surface area (Å²) in [5, 5.41) is 10.7. The Morgan fingerprint density at radius 3 is 2.61 bits per heavy atom. The first-order valence-electron chi connectivity index (χ1n) is 9.33. The van der Waals surface area contributed by atoms with E-state index in [9.17, 15) is 22.8 Å². The van der Waals surface area contributed by atoms with E-state index in [0.29, 0.717) is 33.4 Å². The Hall–Kier alpha value is -4.42. The van der Waals surface area contributed by atoms with Gasteiger partial charge in [-0.2, -0.15) is 18.3 Å². The van der Waals surface area contributed by atoms with E-state index in [0.717, 1.165) is 6.92 Å². The molecule has 0 aliphatic heterocycles. The molecule has 0 aliphatic rings. The normalized spacial score (nSPS) is 12.6. The van der Waals surface area contributed by atoms with Crippen LogP contribution in [0.5, 0.6) is 0 Å². The number of alkyl halides is 3. The Morgan fingerprint density at radius 2 is 1.94 bits per heavy atom. The molecule has 1 atom stereocenters. The van der Waals surface area contributed by atoms with Gasteiger partial charge in [0, 0.05) is 40.3 Å². The van der Waals surface area contributed by atoms with Gasteiger partial charge in [0.15, 0.2) is 17.5 Å². The third-order valence-electron chi connectivity index (χ3n) is 4.81. The lowest BCUT2D eigenvalue weighted by Gasteiger charge is -2.15. The number of nitrogens with one attached hydrogen (secondary N) is 1. The molecule has 0 amide bonds. The van der Waals surface area contributed by atoms with Crippen molar-refractivity contribution in [1.82, 2.24) is 20.3 Å². The number of nitrogens with two attached hydrogens (primary N) is 2. The van der Waals surface area contributed by atoms with Crippen LogP contribution >= 0.6 is 0 Å².